The van der Waals surface area contributed by atoms with Crippen molar-refractivity contribution in [1.82, 2.24) is 0 Å². The molecule has 0 N–H and O–H groups in total. The molecule has 0 aromatic carbocycles. The first kappa shape index (κ1) is 14.0. The molecule has 0 bridgehead atoms. The second-order valence-electron chi connectivity index (χ2n) is 8.74. The van der Waals surface area contributed by atoms with E-state index in [9.17, 15) is 0 Å². The Morgan fingerprint density at radius 2 is 1.68 bits per heavy atom. The monoisotopic (exact) mass is 262 g/mol. The number of hydrogen-bond acceptors (Lipinski definition) is 0. The number of fused-ring (bicyclic) bond motifs is 3. The van der Waals surface area contributed by atoms with Crippen LogP contribution < -0.4 is 0 Å². The number of rotatable bonds is 1. The van der Waals surface area contributed by atoms with E-state index in [1.54, 1.807) is 25.7 Å². The van der Waals surface area contributed by atoms with Crippen LogP contribution in [0.3, 0.4) is 0 Å². The Hall–Kier alpha value is 0. The fourth-order valence-corrected chi connectivity index (χ4v) is 6.40. The second kappa shape index (κ2) is 5.08. The Morgan fingerprint density at radius 1 is 0.947 bits per heavy atom. The highest BCUT2D eigenvalue weighted by Gasteiger charge is 2.52. The third-order valence-corrected chi connectivity index (χ3v) is 7.57. The fourth-order valence-electron chi connectivity index (χ4n) is 6.40. The molecule has 0 radical (unpaired) electrons. The molecule has 0 aromatic rings. The van der Waals surface area contributed by atoms with Crippen molar-refractivity contribution in [2.75, 3.05) is 0 Å². The molecule has 0 aliphatic heterocycles. The molecular weight excluding hydrogens is 228 g/mol. The van der Waals surface area contributed by atoms with E-state index in [1.165, 1.54) is 25.7 Å². The van der Waals surface area contributed by atoms with Crippen molar-refractivity contribution in [2.45, 2.75) is 79.1 Å². The van der Waals surface area contributed by atoms with Crippen LogP contribution in [0.5, 0.6) is 0 Å². The quantitative estimate of drug-likeness (QED) is 0.551. The van der Waals surface area contributed by atoms with E-state index in [2.05, 4.69) is 27.7 Å². The van der Waals surface area contributed by atoms with Crippen LogP contribution in [0.15, 0.2) is 0 Å². The normalized spacial score (nSPS) is 50.7. The molecule has 3 rings (SSSR count). The lowest BCUT2D eigenvalue weighted by molar-refractivity contribution is -0.0873. The average Bonchev–Trinajstić information content (AvgIpc) is 2.38. The molecule has 0 heterocycles. The molecule has 0 nitrogen and oxygen atoms in total. The molecule has 0 spiro atoms. The SMILES string of the molecule is CC(C)[C@H]1CCC2[C@@H](CCC3[C@@H](C)CCC[C@]23C)C1. The molecule has 0 heteroatoms. The first-order valence-electron chi connectivity index (χ1n) is 9.02. The van der Waals surface area contributed by atoms with E-state index >= 15 is 0 Å². The van der Waals surface area contributed by atoms with Gasteiger partial charge in [-0.15, -0.1) is 0 Å². The van der Waals surface area contributed by atoms with E-state index in [4.69, 9.17) is 0 Å². The summed E-state index contributed by atoms with van der Waals surface area (Å²) in [6.45, 7) is 10.1. The Morgan fingerprint density at radius 3 is 2.42 bits per heavy atom. The van der Waals surface area contributed by atoms with Gasteiger partial charge in [-0.05, 0) is 79.4 Å². The van der Waals surface area contributed by atoms with Gasteiger partial charge < -0.3 is 0 Å². The lowest BCUT2D eigenvalue weighted by atomic mass is 9.47. The molecule has 6 atom stereocenters. The predicted molar refractivity (Wildman–Crippen MR) is 83.0 cm³/mol. The predicted octanol–water partition coefficient (Wildman–Crippen LogP) is 5.91. The van der Waals surface area contributed by atoms with Gasteiger partial charge in [0.1, 0.15) is 0 Å². The van der Waals surface area contributed by atoms with Gasteiger partial charge in [-0.25, -0.2) is 0 Å². The standard InChI is InChI=1S/C19H34/c1-13(2)15-7-10-18-16(12-15)8-9-17-14(3)6-5-11-19(17,18)4/h13-18H,5-12H2,1-4H3/t14-,15-,16-,17?,18?,19-/m0/s1. The summed E-state index contributed by atoms with van der Waals surface area (Å²) in [7, 11) is 0. The summed E-state index contributed by atoms with van der Waals surface area (Å²) >= 11 is 0. The minimum atomic E-state index is 0.711. The first-order valence-corrected chi connectivity index (χ1v) is 9.02. The number of hydrogen-bond donors (Lipinski definition) is 0. The van der Waals surface area contributed by atoms with Crippen LogP contribution in [0.1, 0.15) is 79.1 Å². The third kappa shape index (κ3) is 2.28. The second-order valence-corrected chi connectivity index (χ2v) is 8.74. The third-order valence-electron chi connectivity index (χ3n) is 7.57. The van der Waals surface area contributed by atoms with E-state index in [0.29, 0.717) is 5.41 Å². The van der Waals surface area contributed by atoms with E-state index < -0.39 is 0 Å². The maximum Gasteiger partial charge on any atom is -0.0264 e. The van der Waals surface area contributed by atoms with E-state index in [1.807, 2.05) is 0 Å². The van der Waals surface area contributed by atoms with Gasteiger partial charge in [-0.2, -0.15) is 0 Å². The maximum absolute atomic E-state index is 2.68. The average molecular weight is 262 g/mol. The van der Waals surface area contributed by atoms with Crippen LogP contribution in [-0.2, 0) is 0 Å². The summed E-state index contributed by atoms with van der Waals surface area (Å²) < 4.78 is 0. The summed E-state index contributed by atoms with van der Waals surface area (Å²) in [5.74, 6) is 6.15. The highest BCUT2D eigenvalue weighted by atomic mass is 14.6. The Bertz CT molecular complexity index is 318. The highest BCUT2D eigenvalue weighted by Crippen LogP contribution is 2.61. The first-order chi connectivity index (χ1) is 9.02. The van der Waals surface area contributed by atoms with Crippen molar-refractivity contribution in [3.63, 3.8) is 0 Å². The molecule has 19 heavy (non-hydrogen) atoms. The van der Waals surface area contributed by atoms with Crippen LogP contribution in [0, 0.1) is 40.9 Å². The molecular formula is C19H34. The van der Waals surface area contributed by atoms with Crippen molar-refractivity contribution in [2.24, 2.45) is 40.9 Å². The summed E-state index contributed by atoms with van der Waals surface area (Å²) in [4.78, 5) is 0. The van der Waals surface area contributed by atoms with E-state index in [-0.39, 0.29) is 0 Å². The molecule has 2 unspecified atom stereocenters. The summed E-state index contributed by atoms with van der Waals surface area (Å²) in [5.41, 5.74) is 0.711. The largest absolute Gasteiger partial charge is 0.0625 e. The zero-order chi connectivity index (χ0) is 13.6. The van der Waals surface area contributed by atoms with Crippen LogP contribution in [0.25, 0.3) is 0 Å². The van der Waals surface area contributed by atoms with Gasteiger partial charge in [0.05, 0.1) is 0 Å². The Kier molecular flexibility index (Phi) is 3.73. The molecule has 110 valence electrons. The molecule has 3 aliphatic carbocycles. The lowest BCUT2D eigenvalue weighted by Crippen LogP contribution is -2.50. The van der Waals surface area contributed by atoms with Crippen LogP contribution in [0.2, 0.25) is 0 Å². The van der Waals surface area contributed by atoms with Crippen molar-refractivity contribution in [1.29, 1.82) is 0 Å². The molecule has 0 saturated heterocycles. The van der Waals surface area contributed by atoms with Gasteiger partial charge in [0.15, 0.2) is 0 Å². The Labute approximate surface area is 120 Å². The molecule has 3 aliphatic rings. The van der Waals surface area contributed by atoms with Crippen LogP contribution in [0.4, 0.5) is 0 Å². The van der Waals surface area contributed by atoms with Crippen molar-refractivity contribution in [3.05, 3.63) is 0 Å². The van der Waals surface area contributed by atoms with Crippen molar-refractivity contribution < 1.29 is 0 Å². The van der Waals surface area contributed by atoms with Gasteiger partial charge in [0.2, 0.25) is 0 Å². The minimum absolute atomic E-state index is 0.711. The molecule has 3 saturated carbocycles. The maximum atomic E-state index is 2.68. The molecule has 0 aromatic heterocycles. The van der Waals surface area contributed by atoms with E-state index in [0.717, 1.165) is 35.5 Å². The van der Waals surface area contributed by atoms with Crippen LogP contribution >= 0.6 is 0 Å². The smallest absolute Gasteiger partial charge is 0.0264 e. The van der Waals surface area contributed by atoms with Crippen molar-refractivity contribution in [3.8, 4) is 0 Å². The van der Waals surface area contributed by atoms with Gasteiger partial charge in [-0.1, -0.05) is 40.5 Å². The summed E-state index contributed by atoms with van der Waals surface area (Å²) in [6.07, 6.45) is 12.3. The van der Waals surface area contributed by atoms with Gasteiger partial charge >= 0.3 is 0 Å². The molecule has 3 fully saturated rings. The van der Waals surface area contributed by atoms with Gasteiger partial charge in [-0.3, -0.25) is 0 Å². The minimum Gasteiger partial charge on any atom is -0.0625 e. The van der Waals surface area contributed by atoms with Crippen LogP contribution in [-0.4, -0.2) is 0 Å². The summed E-state index contributed by atoms with van der Waals surface area (Å²) in [5, 5.41) is 0. The highest BCUT2D eigenvalue weighted by molar-refractivity contribution is 5.01. The lowest BCUT2D eigenvalue weighted by Gasteiger charge is -2.58. The van der Waals surface area contributed by atoms with Crippen molar-refractivity contribution >= 4 is 0 Å². The van der Waals surface area contributed by atoms with Gasteiger partial charge in [0, 0.05) is 0 Å². The zero-order valence-corrected chi connectivity index (χ0v) is 13.6. The van der Waals surface area contributed by atoms with Gasteiger partial charge in [0.25, 0.3) is 0 Å². The Balaban J connectivity index is 1.78. The fraction of sp³-hybridized carbons (Fsp3) is 1.00. The zero-order valence-electron chi connectivity index (χ0n) is 13.6. The summed E-state index contributed by atoms with van der Waals surface area (Å²) in [6, 6.07) is 0. The topological polar surface area (TPSA) is 0 Å². The molecule has 0 amide bonds.